The number of hydrogen-bond donors (Lipinski definition) is 2. The van der Waals surface area contributed by atoms with Crippen molar-refractivity contribution >= 4 is 23.1 Å². The van der Waals surface area contributed by atoms with Crippen LogP contribution >= 0.6 is 0 Å². The fraction of sp³-hybridized carbons (Fsp3) is 0.222. The lowest BCUT2D eigenvalue weighted by atomic mass is 9.97. The van der Waals surface area contributed by atoms with Crippen molar-refractivity contribution in [2.75, 3.05) is 13.1 Å². The predicted octanol–water partition coefficient (Wildman–Crippen LogP) is 5.94. The zero-order valence-electron chi connectivity index (χ0n) is 19.5. The second-order valence-corrected chi connectivity index (χ2v) is 8.87. The molecule has 0 aliphatic carbocycles. The van der Waals surface area contributed by atoms with Gasteiger partial charge in [0.1, 0.15) is 11.3 Å². The van der Waals surface area contributed by atoms with Crippen molar-refractivity contribution in [3.8, 4) is 22.3 Å². The lowest BCUT2D eigenvalue weighted by Gasteiger charge is -2.31. The van der Waals surface area contributed by atoms with Crippen molar-refractivity contribution in [1.82, 2.24) is 15.2 Å². The molecule has 2 heterocycles. The van der Waals surface area contributed by atoms with Crippen LogP contribution in [0.5, 0.6) is 0 Å². The molecule has 10 heteroatoms. The number of nitrogens with zero attached hydrogens (tertiary/aromatic N) is 2. The molecule has 2 amide bonds. The van der Waals surface area contributed by atoms with Crippen molar-refractivity contribution in [3.05, 3.63) is 77.9 Å². The van der Waals surface area contributed by atoms with E-state index in [2.05, 4.69) is 10.3 Å². The molecular weight excluding hydrogens is 487 g/mol. The molecule has 1 fully saturated rings. The van der Waals surface area contributed by atoms with Gasteiger partial charge in [0, 0.05) is 37.1 Å². The minimum absolute atomic E-state index is 0.0104. The number of amides is 2. The Bertz CT molecular complexity index is 1460. The lowest BCUT2D eigenvalue weighted by molar-refractivity contribution is -0.0494. The number of alkyl halides is 2. The van der Waals surface area contributed by atoms with Gasteiger partial charge in [-0.1, -0.05) is 24.3 Å². The Labute approximate surface area is 209 Å². The summed E-state index contributed by atoms with van der Waals surface area (Å²) in [5, 5.41) is 11.1. The van der Waals surface area contributed by atoms with Gasteiger partial charge < -0.3 is 19.7 Å². The molecule has 4 aromatic rings. The van der Waals surface area contributed by atoms with Gasteiger partial charge in [-0.3, -0.25) is 4.79 Å². The zero-order valence-corrected chi connectivity index (χ0v) is 19.5. The number of piperidine rings is 1. The number of nitrogens with one attached hydrogen (secondary N) is 1. The molecule has 0 bridgehead atoms. The van der Waals surface area contributed by atoms with E-state index in [4.69, 9.17) is 9.52 Å². The van der Waals surface area contributed by atoms with Crippen molar-refractivity contribution in [2.24, 2.45) is 0 Å². The number of rotatable bonds is 5. The van der Waals surface area contributed by atoms with Crippen LogP contribution in [-0.4, -0.2) is 46.0 Å². The summed E-state index contributed by atoms with van der Waals surface area (Å²) in [5.74, 6) is -3.24. The monoisotopic (exact) mass is 509 g/mol. The molecule has 5 rings (SSSR count). The third-order valence-electron chi connectivity index (χ3n) is 6.33. The molecule has 0 saturated carbocycles. The Morgan fingerprint density at radius 3 is 2.27 bits per heavy atom. The maximum absolute atomic E-state index is 13.5. The summed E-state index contributed by atoms with van der Waals surface area (Å²) in [4.78, 5) is 29.5. The topological polar surface area (TPSA) is 95.7 Å². The van der Waals surface area contributed by atoms with E-state index in [1.807, 2.05) is 6.07 Å². The summed E-state index contributed by atoms with van der Waals surface area (Å²) in [7, 11) is 0. The highest BCUT2D eigenvalue weighted by atomic mass is 19.3. The van der Waals surface area contributed by atoms with Crippen LogP contribution in [0.2, 0.25) is 0 Å². The fourth-order valence-electron chi connectivity index (χ4n) is 4.34. The van der Waals surface area contributed by atoms with Gasteiger partial charge in [-0.15, -0.1) is 0 Å². The second-order valence-electron chi connectivity index (χ2n) is 8.87. The van der Waals surface area contributed by atoms with Crippen molar-refractivity contribution in [2.45, 2.75) is 25.3 Å². The highest BCUT2D eigenvalue weighted by Crippen LogP contribution is 2.35. The largest absolute Gasteiger partial charge is 0.465 e. The van der Waals surface area contributed by atoms with E-state index >= 15 is 0 Å². The predicted molar refractivity (Wildman–Crippen MR) is 130 cm³/mol. The molecule has 0 unspecified atom stereocenters. The number of hydrogen-bond acceptors (Lipinski definition) is 4. The number of benzene rings is 3. The number of carbonyl (C=O) groups is 2. The minimum Gasteiger partial charge on any atom is -0.465 e. The third-order valence-corrected chi connectivity index (χ3v) is 6.33. The minimum atomic E-state index is -2.73. The third kappa shape index (κ3) is 5.28. The van der Waals surface area contributed by atoms with E-state index in [-0.39, 0.29) is 44.3 Å². The molecule has 190 valence electrons. The number of likely N-dealkylation sites (tertiary alicyclic amines) is 1. The van der Waals surface area contributed by atoms with Crippen LogP contribution in [0.4, 0.5) is 18.0 Å². The van der Waals surface area contributed by atoms with Crippen LogP contribution < -0.4 is 5.32 Å². The van der Waals surface area contributed by atoms with E-state index in [9.17, 15) is 22.8 Å². The van der Waals surface area contributed by atoms with Gasteiger partial charge in [0.15, 0.2) is 5.58 Å². The summed E-state index contributed by atoms with van der Waals surface area (Å²) in [6.45, 7) is -0.103. The van der Waals surface area contributed by atoms with E-state index in [1.165, 1.54) is 17.0 Å². The van der Waals surface area contributed by atoms with Crippen LogP contribution in [0.3, 0.4) is 0 Å². The number of carbonyl (C=O) groups excluding carboxylic acids is 1. The highest BCUT2D eigenvalue weighted by Gasteiger charge is 2.35. The van der Waals surface area contributed by atoms with Gasteiger partial charge in [0.25, 0.3) is 11.8 Å². The Morgan fingerprint density at radius 2 is 1.62 bits per heavy atom. The Kier molecular flexibility index (Phi) is 6.32. The van der Waals surface area contributed by atoms with Gasteiger partial charge in [0.2, 0.25) is 5.89 Å². The van der Waals surface area contributed by atoms with Gasteiger partial charge >= 0.3 is 6.09 Å². The first kappa shape index (κ1) is 24.4. The zero-order chi connectivity index (χ0) is 26.2. The van der Waals surface area contributed by atoms with E-state index in [0.717, 1.165) is 11.1 Å². The van der Waals surface area contributed by atoms with Crippen LogP contribution in [0.1, 0.15) is 29.1 Å². The van der Waals surface area contributed by atoms with E-state index < -0.39 is 17.8 Å². The van der Waals surface area contributed by atoms with Crippen LogP contribution in [-0.2, 0) is 6.54 Å². The molecule has 1 aliphatic heterocycles. The summed E-state index contributed by atoms with van der Waals surface area (Å²) < 4.78 is 46.3. The van der Waals surface area contributed by atoms with Crippen molar-refractivity contribution in [1.29, 1.82) is 0 Å². The van der Waals surface area contributed by atoms with Crippen LogP contribution in [0, 0.1) is 5.82 Å². The molecule has 7 nitrogen and oxygen atoms in total. The van der Waals surface area contributed by atoms with Gasteiger partial charge in [-0.2, -0.15) is 0 Å². The first-order valence-corrected chi connectivity index (χ1v) is 11.6. The molecular formula is C27H22F3N3O4. The lowest BCUT2D eigenvalue weighted by Crippen LogP contribution is -2.42. The van der Waals surface area contributed by atoms with Gasteiger partial charge in [-0.25, -0.2) is 22.9 Å². The summed E-state index contributed by atoms with van der Waals surface area (Å²) in [5.41, 5.74) is 4.12. The number of halogens is 3. The Balaban J connectivity index is 1.48. The van der Waals surface area contributed by atoms with E-state index in [1.54, 1.807) is 42.5 Å². The average Bonchev–Trinajstić information content (AvgIpc) is 3.30. The average molecular weight is 509 g/mol. The quantitative estimate of drug-likeness (QED) is 0.347. The SMILES string of the molecule is O=C(O)NCc1nc2cc(-c3ccc(C(=O)N4CCC(F)(F)CC4)cc3)cc(-c3ccc(F)cc3)c2o1. The van der Waals surface area contributed by atoms with Crippen LogP contribution in [0.15, 0.2) is 65.1 Å². The molecule has 2 N–H and O–H groups in total. The van der Waals surface area contributed by atoms with Crippen molar-refractivity contribution in [3.63, 3.8) is 0 Å². The molecule has 1 aromatic heterocycles. The molecule has 3 aromatic carbocycles. The summed E-state index contributed by atoms with van der Waals surface area (Å²) in [6, 6.07) is 16.3. The smallest absolute Gasteiger partial charge is 0.405 e. The number of aromatic nitrogens is 1. The molecule has 0 atom stereocenters. The van der Waals surface area contributed by atoms with Gasteiger partial charge in [-0.05, 0) is 53.1 Å². The summed E-state index contributed by atoms with van der Waals surface area (Å²) >= 11 is 0. The maximum atomic E-state index is 13.5. The number of oxazole rings is 1. The summed E-state index contributed by atoms with van der Waals surface area (Å²) in [6.07, 6.45) is -1.90. The van der Waals surface area contributed by atoms with E-state index in [0.29, 0.717) is 27.8 Å². The van der Waals surface area contributed by atoms with Crippen molar-refractivity contribution < 1.29 is 32.3 Å². The molecule has 1 aliphatic rings. The maximum Gasteiger partial charge on any atom is 0.405 e. The first-order valence-electron chi connectivity index (χ1n) is 11.6. The van der Waals surface area contributed by atoms with Crippen LogP contribution in [0.25, 0.3) is 33.4 Å². The standard InChI is InChI=1S/C27H22F3N3O4/c28-20-7-5-17(6-8-20)21-13-19(14-22-24(21)37-23(32-22)15-31-26(35)36)16-1-3-18(4-2-16)25(34)33-11-9-27(29,30)10-12-33/h1-8,13-14,31H,9-12,15H2,(H,35,36). The number of carboxylic acid groups (broad SMARTS) is 1. The van der Waals surface area contributed by atoms with Gasteiger partial charge in [0.05, 0.1) is 6.54 Å². The molecule has 0 spiro atoms. The number of fused-ring (bicyclic) bond motifs is 1. The normalized spacial score (nSPS) is 15.1. The molecule has 0 radical (unpaired) electrons. The second kappa shape index (κ2) is 9.61. The highest BCUT2D eigenvalue weighted by molar-refractivity contribution is 5.96. The Morgan fingerprint density at radius 1 is 0.973 bits per heavy atom. The fourth-order valence-corrected chi connectivity index (χ4v) is 4.34. The molecule has 37 heavy (non-hydrogen) atoms. The molecule has 1 saturated heterocycles. The Hall–Kier alpha value is -4.34. The first-order chi connectivity index (χ1) is 17.7.